The third-order valence-electron chi connectivity index (χ3n) is 4.03. The van der Waals surface area contributed by atoms with Crippen molar-refractivity contribution in [2.24, 2.45) is 5.84 Å². The molecule has 5 N–H and O–H groups in total. The zero-order valence-electron chi connectivity index (χ0n) is 12.8. The minimum atomic E-state index is 0.0390. The van der Waals surface area contributed by atoms with Gasteiger partial charge < -0.3 is 5.73 Å². The summed E-state index contributed by atoms with van der Waals surface area (Å²) in [7, 11) is 0. The maximum Gasteiger partial charge on any atom is 0.0891 e. The van der Waals surface area contributed by atoms with E-state index in [2.05, 4.69) is 30.6 Å². The first-order chi connectivity index (χ1) is 10.7. The lowest BCUT2D eigenvalue weighted by molar-refractivity contribution is 0.0299. The molecule has 0 amide bonds. The zero-order valence-corrected chi connectivity index (χ0v) is 12.8. The second kappa shape index (κ2) is 6.25. The van der Waals surface area contributed by atoms with Crippen LogP contribution in [0.2, 0.25) is 0 Å². The molecule has 1 atom stereocenters. The van der Waals surface area contributed by atoms with E-state index in [1.807, 2.05) is 24.3 Å². The molecule has 2 aromatic rings. The van der Waals surface area contributed by atoms with E-state index in [1.165, 1.54) is 0 Å². The minimum Gasteiger partial charge on any atom is -0.397 e. The van der Waals surface area contributed by atoms with Crippen LogP contribution in [0.4, 0.5) is 11.4 Å². The molecule has 5 heteroatoms. The van der Waals surface area contributed by atoms with Crippen LogP contribution in [0.25, 0.3) is 10.8 Å². The molecule has 1 saturated heterocycles. The fourth-order valence-electron chi connectivity index (χ4n) is 2.89. The summed E-state index contributed by atoms with van der Waals surface area (Å²) in [6, 6.07) is 12.1. The highest BCUT2D eigenvalue weighted by Gasteiger charge is 2.25. The number of fused-ring (bicyclic) bond motifs is 1. The number of hydrogen-bond acceptors (Lipinski definition) is 5. The number of nitrogens with one attached hydrogen (secondary N) is 1. The van der Waals surface area contributed by atoms with Gasteiger partial charge in [-0.3, -0.25) is 15.3 Å². The first-order valence-corrected chi connectivity index (χ1v) is 7.61. The van der Waals surface area contributed by atoms with Crippen LogP contribution in [-0.2, 0) is 4.84 Å². The summed E-state index contributed by atoms with van der Waals surface area (Å²) in [4.78, 5) is 5.32. The van der Waals surface area contributed by atoms with Gasteiger partial charge in [-0.2, -0.15) is 0 Å². The quantitative estimate of drug-likeness (QED) is 0.461. The van der Waals surface area contributed by atoms with E-state index >= 15 is 0 Å². The molecule has 5 nitrogen and oxygen atoms in total. The van der Waals surface area contributed by atoms with Gasteiger partial charge in [-0.1, -0.05) is 43.3 Å². The number of rotatable bonds is 3. The van der Waals surface area contributed by atoms with Crippen LogP contribution in [-0.4, -0.2) is 12.6 Å². The molecule has 1 unspecified atom stereocenters. The van der Waals surface area contributed by atoms with Crippen molar-refractivity contribution in [3.63, 3.8) is 0 Å². The molecule has 116 valence electrons. The maximum atomic E-state index is 6.40. The van der Waals surface area contributed by atoms with E-state index in [9.17, 15) is 0 Å². The average molecular weight is 298 g/mol. The summed E-state index contributed by atoms with van der Waals surface area (Å²) >= 11 is 0. The zero-order chi connectivity index (χ0) is 15.5. The van der Waals surface area contributed by atoms with Gasteiger partial charge in [0, 0.05) is 11.8 Å². The van der Waals surface area contributed by atoms with Crippen molar-refractivity contribution in [3.8, 4) is 0 Å². The highest BCUT2D eigenvalue weighted by atomic mass is 16.6. The summed E-state index contributed by atoms with van der Waals surface area (Å²) in [5, 5.41) is 3.89. The van der Waals surface area contributed by atoms with Gasteiger partial charge in [0.05, 0.1) is 29.7 Å². The van der Waals surface area contributed by atoms with Gasteiger partial charge in [0.2, 0.25) is 0 Å². The van der Waals surface area contributed by atoms with Gasteiger partial charge in [0.25, 0.3) is 0 Å². The van der Waals surface area contributed by atoms with E-state index in [0.717, 1.165) is 35.0 Å². The van der Waals surface area contributed by atoms with E-state index in [0.29, 0.717) is 12.3 Å². The molecule has 22 heavy (non-hydrogen) atoms. The number of nitrogens with zero attached hydrogens (tertiary/aromatic N) is 1. The Balaban J connectivity index is 1.99. The molecule has 1 aliphatic heterocycles. The molecule has 0 radical (unpaired) electrons. The lowest BCUT2D eigenvalue weighted by Crippen LogP contribution is -2.49. The molecule has 0 bridgehead atoms. The van der Waals surface area contributed by atoms with Gasteiger partial charge in [-0.15, -0.1) is 0 Å². The fraction of sp³-hybridized carbons (Fsp3) is 0.294. The molecule has 1 fully saturated rings. The Morgan fingerprint density at radius 1 is 1.32 bits per heavy atom. The van der Waals surface area contributed by atoms with Crippen LogP contribution < -0.4 is 22.1 Å². The Morgan fingerprint density at radius 3 is 2.95 bits per heavy atom. The Labute approximate surface area is 130 Å². The topological polar surface area (TPSA) is 76.5 Å². The van der Waals surface area contributed by atoms with Gasteiger partial charge in [0.1, 0.15) is 0 Å². The lowest BCUT2D eigenvalue weighted by atomic mass is 10.0. The van der Waals surface area contributed by atoms with Crippen LogP contribution in [0, 0.1) is 0 Å². The van der Waals surface area contributed by atoms with E-state index < -0.39 is 0 Å². The van der Waals surface area contributed by atoms with Crippen molar-refractivity contribution in [1.82, 2.24) is 5.48 Å². The second-order valence-electron chi connectivity index (χ2n) is 5.45. The summed E-state index contributed by atoms with van der Waals surface area (Å²) in [5.74, 6) is 6.40. The summed E-state index contributed by atoms with van der Waals surface area (Å²) < 4.78 is 0. The van der Waals surface area contributed by atoms with Crippen molar-refractivity contribution in [2.45, 2.75) is 25.8 Å². The molecular weight excluding hydrogens is 276 g/mol. The van der Waals surface area contributed by atoms with Crippen LogP contribution in [0.3, 0.4) is 0 Å². The largest absolute Gasteiger partial charge is 0.397 e. The van der Waals surface area contributed by atoms with Crippen molar-refractivity contribution in [1.29, 1.82) is 0 Å². The smallest absolute Gasteiger partial charge is 0.0891 e. The first kappa shape index (κ1) is 14.7. The number of benzene rings is 2. The Hall–Kier alpha value is -2.24. The fourth-order valence-corrected chi connectivity index (χ4v) is 2.89. The van der Waals surface area contributed by atoms with Gasteiger partial charge in [-0.25, -0.2) is 5.84 Å². The van der Waals surface area contributed by atoms with E-state index in [-0.39, 0.29) is 6.04 Å². The Kier molecular flexibility index (Phi) is 4.18. The number of hydrogen-bond donors (Lipinski definition) is 3. The molecule has 0 saturated carbocycles. The normalized spacial score (nSPS) is 20.1. The van der Waals surface area contributed by atoms with Crippen molar-refractivity contribution >= 4 is 22.1 Å². The van der Waals surface area contributed by atoms with Gasteiger partial charge in [0.15, 0.2) is 0 Å². The summed E-state index contributed by atoms with van der Waals surface area (Å²) in [6.07, 6.45) is 3.84. The summed E-state index contributed by atoms with van der Waals surface area (Å²) in [5.41, 5.74) is 11.9. The standard InChI is InChI=1S/C17H22N4O/c1-2-5-14-15(10-11-22-20-14)21(19)16-9-8-12-6-3-4-7-13(12)17(16)18/h3-9,15,20H,2,10-11,18-19H2,1H3/b14-5+. The molecule has 2 aromatic carbocycles. The molecule has 0 aromatic heterocycles. The van der Waals surface area contributed by atoms with Crippen molar-refractivity contribution in [3.05, 3.63) is 48.2 Å². The SMILES string of the molecule is CC/C=C1/NOCCC1N(N)c1ccc2ccccc2c1N. The highest BCUT2D eigenvalue weighted by molar-refractivity contribution is 5.99. The molecule has 3 rings (SSSR count). The van der Waals surface area contributed by atoms with Crippen molar-refractivity contribution in [2.75, 3.05) is 17.3 Å². The van der Waals surface area contributed by atoms with Crippen LogP contribution in [0.15, 0.2) is 48.2 Å². The number of anilines is 2. The molecule has 0 aliphatic carbocycles. The predicted molar refractivity (Wildman–Crippen MR) is 90.9 cm³/mol. The lowest BCUT2D eigenvalue weighted by Gasteiger charge is -2.35. The molecule has 1 aliphatic rings. The third-order valence-corrected chi connectivity index (χ3v) is 4.03. The summed E-state index contributed by atoms with van der Waals surface area (Å²) in [6.45, 7) is 2.71. The van der Waals surface area contributed by atoms with Crippen molar-refractivity contribution < 1.29 is 4.84 Å². The number of nitrogen functional groups attached to an aromatic ring is 1. The molecule has 0 spiro atoms. The van der Waals surface area contributed by atoms with E-state index in [1.54, 1.807) is 5.01 Å². The number of nitrogens with two attached hydrogens (primary N) is 2. The van der Waals surface area contributed by atoms with E-state index in [4.69, 9.17) is 16.4 Å². The number of hydrazine groups is 1. The van der Waals surface area contributed by atoms with Crippen LogP contribution in [0.1, 0.15) is 19.8 Å². The number of hydroxylamine groups is 1. The first-order valence-electron chi connectivity index (χ1n) is 7.61. The third kappa shape index (κ3) is 2.61. The minimum absolute atomic E-state index is 0.0390. The Bertz CT molecular complexity index is 698. The number of allylic oxidation sites excluding steroid dienone is 1. The maximum absolute atomic E-state index is 6.40. The average Bonchev–Trinajstić information content (AvgIpc) is 2.56. The second-order valence-corrected chi connectivity index (χ2v) is 5.45. The predicted octanol–water partition coefficient (Wildman–Crippen LogP) is 2.69. The van der Waals surface area contributed by atoms with Crippen LogP contribution >= 0.6 is 0 Å². The van der Waals surface area contributed by atoms with Gasteiger partial charge in [-0.05, 0) is 17.9 Å². The molecular formula is C17H22N4O. The van der Waals surface area contributed by atoms with Crippen LogP contribution in [0.5, 0.6) is 0 Å². The highest BCUT2D eigenvalue weighted by Crippen LogP contribution is 2.32. The Morgan fingerprint density at radius 2 is 2.14 bits per heavy atom. The van der Waals surface area contributed by atoms with Gasteiger partial charge >= 0.3 is 0 Å². The molecule has 1 heterocycles. The monoisotopic (exact) mass is 298 g/mol.